The van der Waals surface area contributed by atoms with Crippen LogP contribution >= 0.6 is 0 Å². The Bertz CT molecular complexity index is 1950. The summed E-state index contributed by atoms with van der Waals surface area (Å²) in [4.78, 5) is 50.9. The summed E-state index contributed by atoms with van der Waals surface area (Å²) in [5, 5.41) is 18.0. The summed E-state index contributed by atoms with van der Waals surface area (Å²) in [6.45, 7) is 14.0. The van der Waals surface area contributed by atoms with E-state index in [4.69, 9.17) is 13.9 Å². The van der Waals surface area contributed by atoms with E-state index in [-0.39, 0.29) is 72.7 Å². The number of alkyl carbamates (subject to hydrolysis) is 1. The molecule has 270 valence electrons. The molecule has 3 N–H and O–H groups in total. The quantitative estimate of drug-likeness (QED) is 0.282. The number of carbonyl (C=O) groups excluding carboxylic acids is 4. The maximum atomic E-state index is 13.5. The first-order chi connectivity index (χ1) is 24.2. The number of carbonyl (C=O) groups is 4. The van der Waals surface area contributed by atoms with Gasteiger partial charge in [-0.15, -0.1) is 0 Å². The fraction of sp³-hybridized carbons (Fsp3) is 0.512. The molecule has 51 heavy (non-hydrogen) atoms. The van der Waals surface area contributed by atoms with Crippen molar-refractivity contribution in [2.24, 2.45) is 34.5 Å². The van der Waals surface area contributed by atoms with Gasteiger partial charge in [-0.25, -0.2) is 4.79 Å². The van der Waals surface area contributed by atoms with Gasteiger partial charge >= 0.3 is 6.09 Å². The van der Waals surface area contributed by atoms with E-state index in [1.165, 1.54) is 0 Å². The molecular weight excluding hydrogens is 648 g/mol. The number of hydrogen-bond donors (Lipinski definition) is 3. The number of furan rings is 1. The molecule has 7 rings (SSSR count). The molecule has 3 fully saturated rings. The van der Waals surface area contributed by atoms with Crippen LogP contribution in [-0.2, 0) is 25.7 Å². The second-order valence-electron chi connectivity index (χ2n) is 15.7. The molecule has 0 saturated heterocycles. The summed E-state index contributed by atoms with van der Waals surface area (Å²) in [5.74, 6) is 1.83. The lowest BCUT2D eigenvalue weighted by Crippen LogP contribution is -2.56. The van der Waals surface area contributed by atoms with Crippen molar-refractivity contribution in [2.45, 2.75) is 85.8 Å². The molecule has 7 unspecified atom stereocenters. The third-order valence-electron chi connectivity index (χ3n) is 12.8. The molecule has 2 aromatic rings. The maximum absolute atomic E-state index is 13.5. The van der Waals surface area contributed by atoms with Crippen LogP contribution < -0.4 is 15.4 Å². The molecule has 0 spiro atoms. The average molecular weight is 697 g/mol. The van der Waals surface area contributed by atoms with Gasteiger partial charge in [-0.3, -0.25) is 14.4 Å². The predicted octanol–water partition coefficient (Wildman–Crippen LogP) is 6.56. The smallest absolute Gasteiger partial charge is 0.407 e. The SMILES string of the molecule is C=C1C=C(C)c2cc3c(CNC(=O)CCNC(=O)OCC(=O)C4CCC5C6CCC7=CC(=O)C=CC7(C)C6C(O)CC45C)c(C)oc3c(C)c2O1. The predicted molar refractivity (Wildman–Crippen MR) is 191 cm³/mol. The summed E-state index contributed by atoms with van der Waals surface area (Å²) >= 11 is 0. The molecule has 1 aliphatic heterocycles. The minimum Gasteiger partial charge on any atom is -0.461 e. The van der Waals surface area contributed by atoms with Gasteiger partial charge in [0.05, 0.1) is 6.10 Å². The lowest BCUT2D eigenvalue weighted by atomic mass is 9.46. The lowest BCUT2D eigenvalue weighted by Gasteiger charge is -2.58. The first-order valence-corrected chi connectivity index (χ1v) is 18.1. The van der Waals surface area contributed by atoms with Crippen molar-refractivity contribution in [3.8, 4) is 5.75 Å². The van der Waals surface area contributed by atoms with Crippen molar-refractivity contribution in [1.29, 1.82) is 0 Å². The van der Waals surface area contributed by atoms with Crippen molar-refractivity contribution in [3.05, 3.63) is 70.7 Å². The highest BCUT2D eigenvalue weighted by Gasteiger charge is 2.62. The van der Waals surface area contributed by atoms with Crippen molar-refractivity contribution in [3.63, 3.8) is 0 Å². The number of ketones is 2. The van der Waals surface area contributed by atoms with Crippen molar-refractivity contribution < 1.29 is 38.2 Å². The molecule has 1 aromatic carbocycles. The van der Waals surface area contributed by atoms with Crippen LogP contribution in [-0.4, -0.2) is 47.9 Å². The number of aliphatic hydroxyl groups excluding tert-OH is 1. The molecule has 0 radical (unpaired) electrons. The van der Waals surface area contributed by atoms with Crippen LogP contribution in [0.15, 0.2) is 52.7 Å². The van der Waals surface area contributed by atoms with E-state index in [2.05, 4.69) is 31.1 Å². The van der Waals surface area contributed by atoms with E-state index in [0.717, 1.165) is 58.2 Å². The van der Waals surface area contributed by atoms with E-state index in [1.807, 2.05) is 39.0 Å². The van der Waals surface area contributed by atoms with Gasteiger partial charge in [-0.05, 0) is 100.0 Å². The Balaban J connectivity index is 0.894. The highest BCUT2D eigenvalue weighted by atomic mass is 16.6. The van der Waals surface area contributed by atoms with Crippen molar-refractivity contribution in [2.75, 3.05) is 13.2 Å². The van der Waals surface area contributed by atoms with E-state index in [1.54, 1.807) is 12.2 Å². The Hall–Kier alpha value is -4.44. The average Bonchev–Trinajstić information content (AvgIpc) is 3.58. The molecule has 10 nitrogen and oxygen atoms in total. The lowest BCUT2D eigenvalue weighted by molar-refractivity contribution is -0.141. The first kappa shape index (κ1) is 35.0. The molecule has 4 aliphatic carbocycles. The van der Waals surface area contributed by atoms with Gasteiger partial charge in [0.2, 0.25) is 5.91 Å². The topological polar surface area (TPSA) is 144 Å². The Kier molecular flexibility index (Phi) is 8.89. The van der Waals surface area contributed by atoms with E-state index in [0.29, 0.717) is 29.9 Å². The van der Waals surface area contributed by atoms with E-state index < -0.39 is 17.6 Å². The Morgan fingerprint density at radius 3 is 2.67 bits per heavy atom. The largest absolute Gasteiger partial charge is 0.461 e. The standard InChI is InChI=1S/C41H48N2O8/c1-21-15-22(2)50-37-23(3)38-29(17-28(21)37)30(24(4)51-38)19-43-35(47)12-14-42-39(48)49-20-34(46)32-10-9-31-27-8-7-25-16-26(44)11-13-40(25,5)36(27)33(45)18-41(31,32)6/h11,13,15-17,27,31-33,36,45H,2,7-10,12,14,18-20H2,1,3-6H3,(H,42,48)(H,43,47). The van der Waals surface area contributed by atoms with Gasteiger partial charge in [0, 0.05) is 58.8 Å². The minimum absolute atomic E-state index is 0.00328. The van der Waals surface area contributed by atoms with Crippen LogP contribution in [0, 0.1) is 48.3 Å². The van der Waals surface area contributed by atoms with Gasteiger partial charge < -0.3 is 29.6 Å². The zero-order valence-corrected chi connectivity index (χ0v) is 30.1. The number of fused-ring (bicyclic) bond motifs is 7. The molecule has 7 atom stereocenters. The normalized spacial score (nSPS) is 30.7. The zero-order valence-electron chi connectivity index (χ0n) is 30.1. The summed E-state index contributed by atoms with van der Waals surface area (Å²) in [5.41, 5.74) is 4.80. The zero-order chi connectivity index (χ0) is 36.4. The number of aliphatic hydroxyl groups is 1. The van der Waals surface area contributed by atoms with Gasteiger partial charge in [0.1, 0.15) is 22.9 Å². The molecule has 2 amide bonds. The second kappa shape index (κ2) is 13.0. The third-order valence-corrected chi connectivity index (χ3v) is 12.8. The van der Waals surface area contributed by atoms with Gasteiger partial charge in [-0.1, -0.05) is 32.1 Å². The molecule has 0 bridgehead atoms. The number of benzene rings is 1. The van der Waals surface area contributed by atoms with Crippen molar-refractivity contribution in [1.82, 2.24) is 10.6 Å². The molecule has 10 heteroatoms. The highest BCUT2D eigenvalue weighted by Crippen LogP contribution is 2.66. The van der Waals surface area contributed by atoms with Crippen LogP contribution in [0.2, 0.25) is 0 Å². The number of allylic oxidation sites excluding steroid dienone is 6. The van der Waals surface area contributed by atoms with Crippen LogP contribution in [0.3, 0.4) is 0 Å². The van der Waals surface area contributed by atoms with Crippen molar-refractivity contribution >= 4 is 40.1 Å². The van der Waals surface area contributed by atoms with Gasteiger partial charge in [0.15, 0.2) is 18.2 Å². The monoisotopic (exact) mass is 696 g/mol. The summed E-state index contributed by atoms with van der Waals surface area (Å²) in [7, 11) is 0. The molecular formula is C41H48N2O8. The molecule has 5 aliphatic rings. The highest BCUT2D eigenvalue weighted by molar-refractivity contribution is 6.01. The Morgan fingerprint density at radius 1 is 1.10 bits per heavy atom. The number of aryl methyl sites for hydroxylation is 2. The Morgan fingerprint density at radius 2 is 1.88 bits per heavy atom. The number of amides is 2. The van der Waals surface area contributed by atoms with E-state index >= 15 is 0 Å². The number of ether oxygens (including phenoxy) is 2. The number of rotatable bonds is 8. The fourth-order valence-corrected chi connectivity index (χ4v) is 10.4. The molecule has 3 saturated carbocycles. The summed E-state index contributed by atoms with van der Waals surface area (Å²) < 4.78 is 17.3. The van der Waals surface area contributed by atoms with E-state index in [9.17, 15) is 24.3 Å². The first-order valence-electron chi connectivity index (χ1n) is 18.1. The Labute approximate surface area is 298 Å². The number of nitrogens with one attached hydrogen (secondary N) is 2. The summed E-state index contributed by atoms with van der Waals surface area (Å²) in [6.07, 6.45) is 9.73. The van der Waals surface area contributed by atoms with Crippen LogP contribution in [0.25, 0.3) is 16.5 Å². The molecule has 2 heterocycles. The maximum Gasteiger partial charge on any atom is 0.407 e. The fourth-order valence-electron chi connectivity index (χ4n) is 10.4. The molecule has 1 aromatic heterocycles. The number of hydrogen-bond acceptors (Lipinski definition) is 8. The number of Topliss-reactive ketones (excluding diaryl/α,β-unsaturated/α-hetero) is 1. The van der Waals surface area contributed by atoms with Gasteiger partial charge in [-0.2, -0.15) is 0 Å². The van der Waals surface area contributed by atoms with Crippen LogP contribution in [0.5, 0.6) is 5.75 Å². The van der Waals surface area contributed by atoms with Crippen LogP contribution in [0.4, 0.5) is 4.79 Å². The summed E-state index contributed by atoms with van der Waals surface area (Å²) in [6, 6.07) is 2.02. The van der Waals surface area contributed by atoms with Gasteiger partial charge in [0.25, 0.3) is 0 Å². The minimum atomic E-state index is -0.747. The second-order valence-corrected chi connectivity index (χ2v) is 15.7. The van der Waals surface area contributed by atoms with Crippen LogP contribution in [0.1, 0.15) is 81.7 Å². The third kappa shape index (κ3) is 5.95.